The van der Waals surface area contributed by atoms with Gasteiger partial charge in [0.25, 0.3) is 0 Å². The molecule has 5 nitrogen and oxygen atoms in total. The molecular weight excluding hydrogens is 422 g/mol. The lowest BCUT2D eigenvalue weighted by molar-refractivity contribution is -0.119. The molecule has 0 saturated heterocycles. The number of amides is 1. The molecule has 1 atom stereocenters. The molecule has 1 N–H and O–H groups in total. The van der Waals surface area contributed by atoms with Crippen molar-refractivity contribution in [3.8, 4) is 11.8 Å². The van der Waals surface area contributed by atoms with Crippen LogP contribution in [0, 0.1) is 23.2 Å². The van der Waals surface area contributed by atoms with E-state index < -0.39 is 5.97 Å². The van der Waals surface area contributed by atoms with Crippen molar-refractivity contribution in [1.82, 2.24) is 0 Å². The van der Waals surface area contributed by atoms with E-state index in [1.807, 2.05) is 31.7 Å². The van der Waals surface area contributed by atoms with Crippen LogP contribution in [-0.4, -0.2) is 36.2 Å². The summed E-state index contributed by atoms with van der Waals surface area (Å²) < 4.78 is 5.04. The molecule has 1 saturated carbocycles. The number of ether oxygens (including phenoxy) is 1. The molecule has 0 spiro atoms. The third-order valence-electron chi connectivity index (χ3n) is 5.99. The van der Waals surface area contributed by atoms with Gasteiger partial charge in [-0.15, -0.1) is 11.3 Å². The van der Waals surface area contributed by atoms with Gasteiger partial charge in [0.05, 0.1) is 23.8 Å². The quantitative estimate of drug-likeness (QED) is 0.393. The number of methoxy groups -OCH3 is 1. The maximum absolute atomic E-state index is 13.5. The van der Waals surface area contributed by atoms with E-state index in [1.165, 1.54) is 18.4 Å². The Labute approximate surface area is 197 Å². The number of aliphatic hydroxyl groups excluding tert-OH is 1. The van der Waals surface area contributed by atoms with Gasteiger partial charge >= 0.3 is 5.97 Å². The summed E-state index contributed by atoms with van der Waals surface area (Å²) >= 11 is 1.28. The highest BCUT2D eigenvalue weighted by Gasteiger charge is 2.33. The summed E-state index contributed by atoms with van der Waals surface area (Å²) in [6.45, 7) is 10.5. The molecule has 1 aliphatic rings. The van der Waals surface area contributed by atoms with Gasteiger partial charge in [-0.1, -0.05) is 38.5 Å². The van der Waals surface area contributed by atoms with Crippen LogP contribution in [0.1, 0.15) is 101 Å². The van der Waals surface area contributed by atoms with Crippen LogP contribution in [0.4, 0.5) is 5.69 Å². The molecule has 0 aromatic carbocycles. The highest BCUT2D eigenvalue weighted by molar-refractivity contribution is 7.15. The second-order valence-electron chi connectivity index (χ2n) is 9.95. The number of carbonyl (C=O) groups excluding carboxylic acids is 2. The summed E-state index contributed by atoms with van der Waals surface area (Å²) in [6, 6.07) is 1.84. The number of esters is 1. The van der Waals surface area contributed by atoms with Crippen molar-refractivity contribution in [2.75, 3.05) is 12.0 Å². The maximum Gasteiger partial charge on any atom is 0.350 e. The standard InChI is InChI=1S/C26H39NO4S/c1-7-18(2)9-8-10-23(29)27(19-11-13-20(28)14-12-19)22-17-21(15-16-26(3,4)5)32-24(22)25(30)31-6/h17-20,28H,7-14H2,1-6H3. The second-order valence-corrected chi connectivity index (χ2v) is 11.0. The van der Waals surface area contributed by atoms with Gasteiger partial charge in [0.1, 0.15) is 4.88 Å². The molecule has 1 fully saturated rings. The molecule has 1 amide bonds. The van der Waals surface area contributed by atoms with E-state index in [-0.39, 0.29) is 23.5 Å². The summed E-state index contributed by atoms with van der Waals surface area (Å²) in [5.41, 5.74) is 0.440. The smallest absolute Gasteiger partial charge is 0.350 e. The number of hydrogen-bond acceptors (Lipinski definition) is 5. The Morgan fingerprint density at radius 1 is 1.28 bits per heavy atom. The third-order valence-corrected chi connectivity index (χ3v) is 7.01. The van der Waals surface area contributed by atoms with Crippen LogP contribution < -0.4 is 4.90 Å². The van der Waals surface area contributed by atoms with Crippen molar-refractivity contribution in [3.05, 3.63) is 15.8 Å². The average Bonchev–Trinajstić information content (AvgIpc) is 3.16. The van der Waals surface area contributed by atoms with E-state index in [9.17, 15) is 14.7 Å². The number of hydrogen-bond donors (Lipinski definition) is 1. The summed E-state index contributed by atoms with van der Waals surface area (Å²) in [5, 5.41) is 9.98. The summed E-state index contributed by atoms with van der Waals surface area (Å²) in [6.07, 6.45) is 5.84. The number of carbonyl (C=O) groups is 2. The first-order valence-electron chi connectivity index (χ1n) is 11.8. The zero-order chi connectivity index (χ0) is 23.9. The lowest BCUT2D eigenvalue weighted by atomic mass is 9.91. The van der Waals surface area contributed by atoms with Crippen LogP contribution in [0.2, 0.25) is 0 Å². The molecule has 1 aromatic rings. The predicted octanol–water partition coefficient (Wildman–Crippen LogP) is 5.79. The molecule has 0 aliphatic heterocycles. The largest absolute Gasteiger partial charge is 0.465 e. The van der Waals surface area contributed by atoms with Crippen molar-refractivity contribution in [2.45, 2.75) is 98.1 Å². The lowest BCUT2D eigenvalue weighted by Crippen LogP contribution is -2.43. The Kier molecular flexibility index (Phi) is 9.79. The molecule has 0 bridgehead atoms. The van der Waals surface area contributed by atoms with Crippen LogP contribution in [0.15, 0.2) is 6.07 Å². The third kappa shape index (κ3) is 7.64. The van der Waals surface area contributed by atoms with E-state index in [0.717, 1.165) is 37.0 Å². The number of anilines is 1. The van der Waals surface area contributed by atoms with E-state index in [0.29, 0.717) is 35.7 Å². The van der Waals surface area contributed by atoms with Crippen molar-refractivity contribution in [1.29, 1.82) is 0 Å². The molecule has 1 heterocycles. The van der Waals surface area contributed by atoms with Crippen LogP contribution >= 0.6 is 11.3 Å². The number of aliphatic hydroxyl groups is 1. The fourth-order valence-electron chi connectivity index (χ4n) is 3.89. The minimum Gasteiger partial charge on any atom is -0.465 e. The Morgan fingerprint density at radius 2 is 1.94 bits per heavy atom. The van der Waals surface area contributed by atoms with Crippen molar-refractivity contribution in [2.24, 2.45) is 11.3 Å². The first-order chi connectivity index (χ1) is 15.1. The predicted molar refractivity (Wildman–Crippen MR) is 131 cm³/mol. The first-order valence-corrected chi connectivity index (χ1v) is 12.6. The molecule has 0 radical (unpaired) electrons. The topological polar surface area (TPSA) is 66.8 Å². The van der Waals surface area contributed by atoms with Crippen LogP contribution in [0.3, 0.4) is 0 Å². The normalized spacial score (nSPS) is 19.6. The van der Waals surface area contributed by atoms with Crippen molar-refractivity contribution < 1.29 is 19.4 Å². The van der Waals surface area contributed by atoms with Gasteiger partial charge in [0.2, 0.25) is 5.91 Å². The van der Waals surface area contributed by atoms with Crippen molar-refractivity contribution >= 4 is 28.9 Å². The van der Waals surface area contributed by atoms with Gasteiger partial charge in [-0.3, -0.25) is 4.79 Å². The monoisotopic (exact) mass is 461 g/mol. The minimum absolute atomic E-state index is 0.0315. The van der Waals surface area contributed by atoms with Gasteiger partial charge in [-0.05, 0) is 64.9 Å². The van der Waals surface area contributed by atoms with Gasteiger partial charge < -0.3 is 14.7 Å². The maximum atomic E-state index is 13.5. The number of thiophene rings is 1. The number of rotatable bonds is 8. The zero-order valence-corrected chi connectivity index (χ0v) is 21.3. The Bertz CT molecular complexity index is 834. The van der Waals surface area contributed by atoms with Gasteiger partial charge in [0.15, 0.2) is 0 Å². The molecule has 1 unspecified atom stereocenters. The molecule has 6 heteroatoms. The Balaban J connectivity index is 2.41. The molecule has 2 rings (SSSR count). The summed E-state index contributed by atoms with van der Waals surface area (Å²) in [7, 11) is 1.36. The zero-order valence-electron chi connectivity index (χ0n) is 20.5. The SMILES string of the molecule is CCC(C)CCCC(=O)N(c1cc(C#CC(C)(C)C)sc1C(=O)OC)C1CCC(O)CC1. The highest BCUT2D eigenvalue weighted by Crippen LogP contribution is 2.36. The highest BCUT2D eigenvalue weighted by atomic mass is 32.1. The summed E-state index contributed by atoms with van der Waals surface area (Å²) in [5.74, 6) is 6.57. The van der Waals surface area contributed by atoms with Gasteiger partial charge in [0, 0.05) is 17.9 Å². The molecule has 32 heavy (non-hydrogen) atoms. The van der Waals surface area contributed by atoms with E-state index in [4.69, 9.17) is 4.74 Å². The second kappa shape index (κ2) is 11.9. The van der Waals surface area contributed by atoms with Crippen molar-refractivity contribution in [3.63, 3.8) is 0 Å². The Hall–Kier alpha value is -1.84. The fraction of sp³-hybridized carbons (Fsp3) is 0.692. The fourth-order valence-corrected chi connectivity index (χ4v) is 4.81. The minimum atomic E-state index is -0.443. The molecule has 1 aromatic heterocycles. The summed E-state index contributed by atoms with van der Waals surface area (Å²) in [4.78, 5) is 29.1. The molecule has 1 aliphatic carbocycles. The molecular formula is C26H39NO4S. The van der Waals surface area contributed by atoms with Crippen LogP contribution in [0.25, 0.3) is 0 Å². The van der Waals surface area contributed by atoms with Crippen LogP contribution in [-0.2, 0) is 9.53 Å². The Morgan fingerprint density at radius 3 is 2.50 bits per heavy atom. The van der Waals surface area contributed by atoms with Gasteiger partial charge in [-0.25, -0.2) is 4.79 Å². The van der Waals surface area contributed by atoms with Crippen LogP contribution in [0.5, 0.6) is 0 Å². The molecule has 178 valence electrons. The first kappa shape index (κ1) is 26.4. The van der Waals surface area contributed by atoms with E-state index in [1.54, 1.807) is 0 Å². The number of nitrogens with zero attached hydrogens (tertiary/aromatic N) is 1. The average molecular weight is 462 g/mol. The van der Waals surface area contributed by atoms with E-state index >= 15 is 0 Å². The van der Waals surface area contributed by atoms with Gasteiger partial charge in [-0.2, -0.15) is 0 Å². The van der Waals surface area contributed by atoms with E-state index in [2.05, 4.69) is 25.7 Å². The lowest BCUT2D eigenvalue weighted by Gasteiger charge is -2.36.